The molecule has 0 spiro atoms. The zero-order valence-corrected chi connectivity index (χ0v) is 10.4. The second-order valence-corrected chi connectivity index (χ2v) is 5.21. The number of rotatable bonds is 5. The Labute approximate surface area is 89.9 Å². The molecule has 0 heterocycles. The van der Waals surface area contributed by atoms with Crippen LogP contribution < -0.4 is 0 Å². The van der Waals surface area contributed by atoms with E-state index in [4.69, 9.17) is 0 Å². The maximum absolute atomic E-state index is 2.41. The van der Waals surface area contributed by atoms with E-state index in [9.17, 15) is 0 Å². The normalized spacial score (nSPS) is 27.9. The van der Waals surface area contributed by atoms with Crippen molar-refractivity contribution in [2.45, 2.75) is 58.4 Å². The summed E-state index contributed by atoms with van der Waals surface area (Å²) in [6.45, 7) is 4.68. The molecule has 0 radical (unpaired) electrons. The molecule has 2 atom stereocenters. The Hall–Kier alpha value is -0.0400. The molecule has 1 fully saturated rings. The van der Waals surface area contributed by atoms with E-state index < -0.39 is 0 Å². The molecule has 0 amide bonds. The van der Waals surface area contributed by atoms with Gasteiger partial charge in [-0.2, -0.15) is 0 Å². The van der Waals surface area contributed by atoms with Gasteiger partial charge >= 0.3 is 0 Å². The third-order valence-corrected chi connectivity index (χ3v) is 4.07. The zero-order valence-electron chi connectivity index (χ0n) is 10.4. The van der Waals surface area contributed by atoms with Crippen LogP contribution in [0.4, 0.5) is 0 Å². The predicted molar refractivity (Wildman–Crippen MR) is 63.5 cm³/mol. The molecule has 2 unspecified atom stereocenters. The first-order valence-corrected chi connectivity index (χ1v) is 6.33. The molecule has 0 aromatic heterocycles. The molecule has 1 aliphatic carbocycles. The summed E-state index contributed by atoms with van der Waals surface area (Å²) in [6, 6.07) is 0.870. The van der Waals surface area contributed by atoms with E-state index in [1.807, 2.05) is 0 Å². The molecule has 84 valence electrons. The van der Waals surface area contributed by atoms with Crippen molar-refractivity contribution in [2.24, 2.45) is 11.8 Å². The number of hydrogen-bond acceptors (Lipinski definition) is 1. The second kappa shape index (κ2) is 5.75. The molecule has 0 bridgehead atoms. The molecule has 1 rings (SSSR count). The Morgan fingerprint density at radius 2 is 1.79 bits per heavy atom. The van der Waals surface area contributed by atoms with Gasteiger partial charge in [0.25, 0.3) is 0 Å². The van der Waals surface area contributed by atoms with Crippen LogP contribution in [0.5, 0.6) is 0 Å². The predicted octanol–water partition coefficient (Wildman–Crippen LogP) is 3.54. The van der Waals surface area contributed by atoms with E-state index in [1.165, 1.54) is 38.5 Å². The smallest absolute Gasteiger partial charge is 0.00919 e. The molecule has 0 aromatic rings. The fourth-order valence-corrected chi connectivity index (χ4v) is 2.83. The first-order chi connectivity index (χ1) is 6.67. The molecular formula is C13H27N. The minimum atomic E-state index is 0.870. The summed E-state index contributed by atoms with van der Waals surface area (Å²) in [6.07, 6.45) is 8.58. The van der Waals surface area contributed by atoms with Gasteiger partial charge in [0.15, 0.2) is 0 Å². The molecule has 0 aliphatic heterocycles. The quantitative estimate of drug-likeness (QED) is 0.651. The van der Waals surface area contributed by atoms with Crippen molar-refractivity contribution in [2.75, 3.05) is 14.1 Å². The van der Waals surface area contributed by atoms with Gasteiger partial charge in [-0.25, -0.2) is 0 Å². The minimum Gasteiger partial charge on any atom is -0.306 e. The largest absolute Gasteiger partial charge is 0.306 e. The van der Waals surface area contributed by atoms with Gasteiger partial charge in [0, 0.05) is 6.04 Å². The second-order valence-electron chi connectivity index (χ2n) is 5.21. The summed E-state index contributed by atoms with van der Waals surface area (Å²) in [4.78, 5) is 2.41. The average molecular weight is 197 g/mol. The highest BCUT2D eigenvalue weighted by Crippen LogP contribution is 2.34. The Morgan fingerprint density at radius 1 is 1.14 bits per heavy atom. The summed E-state index contributed by atoms with van der Waals surface area (Å²) in [5.74, 6) is 2.01. The van der Waals surface area contributed by atoms with Crippen LogP contribution >= 0.6 is 0 Å². The molecule has 0 saturated heterocycles. The van der Waals surface area contributed by atoms with Crippen LogP contribution in [0.3, 0.4) is 0 Å². The third kappa shape index (κ3) is 3.27. The SMILES string of the molecule is CCC(CC)CC1CCC(N(C)C)C1. The van der Waals surface area contributed by atoms with Gasteiger partial charge in [-0.05, 0) is 51.6 Å². The molecule has 1 nitrogen and oxygen atoms in total. The zero-order chi connectivity index (χ0) is 10.6. The van der Waals surface area contributed by atoms with E-state index >= 15 is 0 Å². The summed E-state index contributed by atoms with van der Waals surface area (Å²) in [5, 5.41) is 0. The van der Waals surface area contributed by atoms with Crippen molar-refractivity contribution in [3.05, 3.63) is 0 Å². The lowest BCUT2D eigenvalue weighted by molar-refractivity contribution is 0.279. The molecule has 1 heteroatoms. The molecule has 14 heavy (non-hydrogen) atoms. The van der Waals surface area contributed by atoms with Gasteiger partial charge in [-0.15, -0.1) is 0 Å². The van der Waals surface area contributed by atoms with E-state index in [2.05, 4.69) is 32.8 Å². The van der Waals surface area contributed by atoms with Gasteiger partial charge in [0.05, 0.1) is 0 Å². The minimum absolute atomic E-state index is 0.870. The number of hydrogen-bond donors (Lipinski definition) is 0. The Bertz CT molecular complexity index is 149. The standard InChI is InChI=1S/C13H27N/c1-5-11(6-2)9-12-7-8-13(10-12)14(3)4/h11-13H,5-10H2,1-4H3. The fraction of sp³-hybridized carbons (Fsp3) is 1.00. The highest BCUT2D eigenvalue weighted by molar-refractivity contribution is 4.81. The topological polar surface area (TPSA) is 3.24 Å². The van der Waals surface area contributed by atoms with Crippen LogP contribution in [0.1, 0.15) is 52.4 Å². The van der Waals surface area contributed by atoms with Crippen LogP contribution in [0, 0.1) is 11.8 Å². The van der Waals surface area contributed by atoms with Gasteiger partial charge in [-0.3, -0.25) is 0 Å². The van der Waals surface area contributed by atoms with Crippen LogP contribution in [0.15, 0.2) is 0 Å². The van der Waals surface area contributed by atoms with Crippen molar-refractivity contribution in [1.29, 1.82) is 0 Å². The average Bonchev–Trinajstić information content (AvgIpc) is 2.62. The lowest BCUT2D eigenvalue weighted by atomic mass is 9.89. The van der Waals surface area contributed by atoms with Crippen molar-refractivity contribution in [3.63, 3.8) is 0 Å². The van der Waals surface area contributed by atoms with Crippen LogP contribution in [-0.2, 0) is 0 Å². The highest BCUT2D eigenvalue weighted by atomic mass is 15.1. The van der Waals surface area contributed by atoms with E-state index in [-0.39, 0.29) is 0 Å². The van der Waals surface area contributed by atoms with Crippen molar-refractivity contribution < 1.29 is 0 Å². The van der Waals surface area contributed by atoms with Crippen LogP contribution in [0.2, 0.25) is 0 Å². The van der Waals surface area contributed by atoms with Crippen molar-refractivity contribution in [3.8, 4) is 0 Å². The van der Waals surface area contributed by atoms with Gasteiger partial charge in [-0.1, -0.05) is 26.7 Å². The summed E-state index contributed by atoms with van der Waals surface area (Å²) in [5.41, 5.74) is 0. The van der Waals surface area contributed by atoms with E-state index in [1.54, 1.807) is 0 Å². The molecule has 0 aromatic carbocycles. The van der Waals surface area contributed by atoms with E-state index in [0.29, 0.717) is 0 Å². The van der Waals surface area contributed by atoms with Crippen LogP contribution in [0.25, 0.3) is 0 Å². The lowest BCUT2D eigenvalue weighted by Crippen LogP contribution is -2.25. The van der Waals surface area contributed by atoms with E-state index in [0.717, 1.165) is 17.9 Å². The lowest BCUT2D eigenvalue weighted by Gasteiger charge is -2.20. The molecular weight excluding hydrogens is 170 g/mol. The van der Waals surface area contributed by atoms with Crippen LogP contribution in [-0.4, -0.2) is 25.0 Å². The summed E-state index contributed by atoms with van der Waals surface area (Å²) >= 11 is 0. The summed E-state index contributed by atoms with van der Waals surface area (Å²) < 4.78 is 0. The summed E-state index contributed by atoms with van der Waals surface area (Å²) in [7, 11) is 4.45. The first kappa shape index (κ1) is 12.0. The van der Waals surface area contributed by atoms with Gasteiger partial charge in [0.1, 0.15) is 0 Å². The van der Waals surface area contributed by atoms with Crippen molar-refractivity contribution in [1.82, 2.24) is 4.90 Å². The Balaban J connectivity index is 2.28. The maximum Gasteiger partial charge on any atom is 0.00919 e. The Kier molecular flexibility index (Phi) is 4.94. The first-order valence-electron chi connectivity index (χ1n) is 6.33. The molecule has 1 aliphatic rings. The van der Waals surface area contributed by atoms with Gasteiger partial charge in [0.2, 0.25) is 0 Å². The maximum atomic E-state index is 2.41. The monoisotopic (exact) mass is 197 g/mol. The molecule has 1 saturated carbocycles. The highest BCUT2D eigenvalue weighted by Gasteiger charge is 2.26. The fourth-order valence-electron chi connectivity index (χ4n) is 2.83. The molecule has 0 N–H and O–H groups in total. The Morgan fingerprint density at radius 3 is 2.21 bits per heavy atom. The van der Waals surface area contributed by atoms with Crippen molar-refractivity contribution >= 4 is 0 Å². The van der Waals surface area contributed by atoms with Gasteiger partial charge < -0.3 is 4.90 Å². The number of nitrogens with zero attached hydrogens (tertiary/aromatic N) is 1. The third-order valence-electron chi connectivity index (χ3n) is 4.07.